The summed E-state index contributed by atoms with van der Waals surface area (Å²) in [5.74, 6) is -0.731. The Balaban J connectivity index is 2.73. The van der Waals surface area contributed by atoms with Gasteiger partial charge in [0.25, 0.3) is 0 Å². The van der Waals surface area contributed by atoms with E-state index in [1.165, 1.54) is 33.5 Å². The number of methoxy groups -OCH3 is 3. The van der Waals surface area contributed by atoms with E-state index < -0.39 is 12.3 Å². The number of hydrogen-bond acceptors (Lipinski definition) is 6. The molecule has 0 saturated carbocycles. The van der Waals surface area contributed by atoms with E-state index in [9.17, 15) is 9.90 Å². The Kier molecular flexibility index (Phi) is 5.98. The van der Waals surface area contributed by atoms with Gasteiger partial charge in [-0.3, -0.25) is 4.99 Å². The van der Waals surface area contributed by atoms with Gasteiger partial charge in [0, 0.05) is 20.4 Å². The molecule has 19 heavy (non-hydrogen) atoms. The van der Waals surface area contributed by atoms with Crippen LogP contribution in [0.2, 0.25) is 0 Å². The molecule has 0 spiro atoms. The van der Waals surface area contributed by atoms with Crippen molar-refractivity contribution in [2.45, 2.75) is 6.29 Å². The number of esters is 1. The lowest BCUT2D eigenvalue weighted by Crippen LogP contribution is -2.16. The fourth-order valence-electron chi connectivity index (χ4n) is 1.40. The van der Waals surface area contributed by atoms with Gasteiger partial charge in [0.1, 0.15) is 11.3 Å². The van der Waals surface area contributed by atoms with Crippen molar-refractivity contribution in [3.63, 3.8) is 0 Å². The van der Waals surface area contributed by atoms with E-state index in [1.54, 1.807) is 12.3 Å². The van der Waals surface area contributed by atoms with Crippen LogP contribution in [0.4, 0.5) is 0 Å². The Morgan fingerprint density at radius 2 is 2.05 bits per heavy atom. The van der Waals surface area contributed by atoms with Gasteiger partial charge in [-0.25, -0.2) is 4.79 Å². The van der Waals surface area contributed by atoms with Gasteiger partial charge in [-0.05, 0) is 17.7 Å². The van der Waals surface area contributed by atoms with Crippen LogP contribution in [0.1, 0.15) is 15.9 Å². The molecular formula is C13H17NO5. The van der Waals surface area contributed by atoms with Crippen LogP contribution in [0.15, 0.2) is 23.2 Å². The van der Waals surface area contributed by atoms with Crippen LogP contribution >= 0.6 is 0 Å². The molecule has 0 aliphatic carbocycles. The number of carbonyl (C=O) groups is 1. The number of aromatic hydroxyl groups is 1. The molecule has 0 fully saturated rings. The molecule has 0 unspecified atom stereocenters. The highest BCUT2D eigenvalue weighted by Crippen LogP contribution is 2.18. The molecule has 6 nitrogen and oxygen atoms in total. The monoisotopic (exact) mass is 267 g/mol. The molecule has 0 atom stereocenters. The summed E-state index contributed by atoms with van der Waals surface area (Å²) >= 11 is 0. The number of phenolic OH excluding ortho intramolecular Hbond substituents is 1. The zero-order valence-electron chi connectivity index (χ0n) is 11.1. The molecule has 1 N–H and O–H groups in total. The lowest BCUT2D eigenvalue weighted by molar-refractivity contribution is -0.0936. The highest BCUT2D eigenvalue weighted by molar-refractivity contribution is 5.93. The predicted octanol–water partition coefficient (Wildman–Crippen LogP) is 1.22. The smallest absolute Gasteiger partial charge is 0.341 e. The third-order valence-electron chi connectivity index (χ3n) is 2.45. The SMILES string of the molecule is COC(=O)c1ccc(C=NCC(OC)OC)cc1O. The normalized spacial score (nSPS) is 11.2. The number of carbonyl (C=O) groups excluding carboxylic acids is 1. The molecule has 1 aromatic rings. The van der Waals surface area contributed by atoms with E-state index in [2.05, 4.69) is 9.73 Å². The van der Waals surface area contributed by atoms with E-state index in [1.807, 2.05) is 0 Å². The average molecular weight is 267 g/mol. The Hall–Kier alpha value is -1.92. The fourth-order valence-corrected chi connectivity index (χ4v) is 1.40. The zero-order chi connectivity index (χ0) is 14.3. The predicted molar refractivity (Wildman–Crippen MR) is 69.7 cm³/mol. The largest absolute Gasteiger partial charge is 0.507 e. The van der Waals surface area contributed by atoms with Crippen LogP contribution in [0.25, 0.3) is 0 Å². The molecule has 0 aliphatic rings. The van der Waals surface area contributed by atoms with Crippen molar-refractivity contribution in [2.75, 3.05) is 27.9 Å². The summed E-state index contributed by atoms with van der Waals surface area (Å²) in [6.07, 6.45) is 1.16. The maximum Gasteiger partial charge on any atom is 0.341 e. The highest BCUT2D eigenvalue weighted by atomic mass is 16.7. The van der Waals surface area contributed by atoms with Crippen LogP contribution in [0.3, 0.4) is 0 Å². The number of phenols is 1. The number of nitrogens with zero attached hydrogens (tertiary/aromatic N) is 1. The van der Waals surface area contributed by atoms with E-state index in [0.717, 1.165) is 0 Å². The van der Waals surface area contributed by atoms with Gasteiger partial charge in [-0.1, -0.05) is 6.07 Å². The van der Waals surface area contributed by atoms with Crippen LogP contribution in [-0.2, 0) is 14.2 Å². The molecule has 0 bridgehead atoms. The van der Waals surface area contributed by atoms with Gasteiger partial charge < -0.3 is 19.3 Å². The van der Waals surface area contributed by atoms with Crippen molar-refractivity contribution >= 4 is 12.2 Å². The molecular weight excluding hydrogens is 250 g/mol. The summed E-state index contributed by atoms with van der Waals surface area (Å²) < 4.78 is 14.5. The first-order valence-corrected chi connectivity index (χ1v) is 5.59. The second-order valence-corrected chi connectivity index (χ2v) is 3.66. The van der Waals surface area contributed by atoms with Gasteiger partial charge in [0.15, 0.2) is 6.29 Å². The highest BCUT2D eigenvalue weighted by Gasteiger charge is 2.11. The second-order valence-electron chi connectivity index (χ2n) is 3.66. The molecule has 0 radical (unpaired) electrons. The van der Waals surface area contributed by atoms with Gasteiger partial charge in [-0.2, -0.15) is 0 Å². The minimum Gasteiger partial charge on any atom is -0.507 e. The minimum absolute atomic E-state index is 0.117. The maximum absolute atomic E-state index is 11.3. The second kappa shape index (κ2) is 7.50. The Bertz CT molecular complexity index is 454. The molecule has 6 heteroatoms. The maximum atomic E-state index is 11.3. The first-order valence-electron chi connectivity index (χ1n) is 5.59. The van der Waals surface area contributed by atoms with E-state index in [0.29, 0.717) is 12.1 Å². The minimum atomic E-state index is -0.584. The van der Waals surface area contributed by atoms with Crippen molar-refractivity contribution < 1.29 is 24.1 Å². The van der Waals surface area contributed by atoms with E-state index >= 15 is 0 Å². The molecule has 1 rings (SSSR count). The van der Waals surface area contributed by atoms with Crippen molar-refractivity contribution in [2.24, 2.45) is 4.99 Å². The molecule has 1 aromatic carbocycles. The van der Waals surface area contributed by atoms with Crippen molar-refractivity contribution in [3.05, 3.63) is 29.3 Å². The van der Waals surface area contributed by atoms with Crippen LogP contribution < -0.4 is 0 Å². The van der Waals surface area contributed by atoms with E-state index in [4.69, 9.17) is 9.47 Å². The van der Waals surface area contributed by atoms with Crippen molar-refractivity contribution in [1.29, 1.82) is 0 Å². The fraction of sp³-hybridized carbons (Fsp3) is 0.385. The third kappa shape index (κ3) is 4.35. The molecule has 0 aromatic heterocycles. The van der Waals surface area contributed by atoms with Crippen molar-refractivity contribution in [1.82, 2.24) is 0 Å². The van der Waals surface area contributed by atoms with Gasteiger partial charge in [-0.15, -0.1) is 0 Å². The average Bonchev–Trinajstić information content (AvgIpc) is 2.43. The molecule has 0 aliphatic heterocycles. The summed E-state index contributed by atoms with van der Waals surface area (Å²) in [4.78, 5) is 15.4. The van der Waals surface area contributed by atoms with Gasteiger partial charge in [0.2, 0.25) is 0 Å². The lowest BCUT2D eigenvalue weighted by atomic mass is 10.1. The van der Waals surface area contributed by atoms with Crippen LogP contribution in [0.5, 0.6) is 5.75 Å². The first kappa shape index (κ1) is 15.1. The standard InChI is InChI=1S/C13H17NO5/c1-17-12(18-2)8-14-7-9-4-5-10(11(15)6-9)13(16)19-3/h4-7,12,15H,8H2,1-3H3. The Morgan fingerprint density at radius 3 is 2.58 bits per heavy atom. The van der Waals surface area contributed by atoms with Gasteiger partial charge >= 0.3 is 5.97 Å². The summed E-state index contributed by atoms with van der Waals surface area (Å²) in [6, 6.07) is 4.57. The number of rotatable bonds is 6. The number of aliphatic imine (C=N–C) groups is 1. The summed E-state index contributed by atoms with van der Waals surface area (Å²) in [5.41, 5.74) is 0.780. The number of hydrogen-bond donors (Lipinski definition) is 1. The van der Waals surface area contributed by atoms with Crippen molar-refractivity contribution in [3.8, 4) is 5.75 Å². The first-order chi connectivity index (χ1) is 9.12. The quantitative estimate of drug-likeness (QED) is 0.476. The van der Waals surface area contributed by atoms with Crippen LogP contribution in [-0.4, -0.2) is 51.5 Å². The number of ether oxygens (including phenoxy) is 3. The molecule has 104 valence electrons. The summed E-state index contributed by atoms with van der Waals surface area (Å²) in [6.45, 7) is 0.340. The summed E-state index contributed by atoms with van der Waals surface area (Å²) in [7, 11) is 4.31. The zero-order valence-corrected chi connectivity index (χ0v) is 11.1. The summed E-state index contributed by atoms with van der Waals surface area (Å²) in [5, 5.41) is 9.68. The number of benzene rings is 1. The van der Waals surface area contributed by atoms with E-state index in [-0.39, 0.29) is 11.3 Å². The molecule has 0 heterocycles. The Morgan fingerprint density at radius 1 is 1.37 bits per heavy atom. The topological polar surface area (TPSA) is 77.4 Å². The van der Waals surface area contributed by atoms with Gasteiger partial charge in [0.05, 0.1) is 13.7 Å². The lowest BCUT2D eigenvalue weighted by Gasteiger charge is -2.09. The molecule has 0 saturated heterocycles. The van der Waals surface area contributed by atoms with Crippen LogP contribution in [0, 0.1) is 0 Å². The third-order valence-corrected chi connectivity index (χ3v) is 2.45. The Labute approximate surface area is 111 Å². The molecule has 0 amide bonds.